The number of sulfonamides is 1. The molecule has 3 rings (SSSR count). The lowest BCUT2D eigenvalue weighted by Crippen LogP contribution is -2.32. The van der Waals surface area contributed by atoms with Gasteiger partial charge in [-0.25, -0.2) is 13.1 Å². The third-order valence-electron chi connectivity index (χ3n) is 4.65. The van der Waals surface area contributed by atoms with E-state index in [4.69, 9.17) is 16.3 Å². The number of rotatable bonds is 6. The molecule has 1 atom stereocenters. The first-order valence-corrected chi connectivity index (χ1v) is 10.9. The van der Waals surface area contributed by atoms with Crippen LogP contribution >= 0.6 is 11.6 Å². The van der Waals surface area contributed by atoms with Crippen LogP contribution in [-0.2, 0) is 21.2 Å². The minimum absolute atomic E-state index is 0.0147. The van der Waals surface area contributed by atoms with E-state index < -0.39 is 16.1 Å². The highest BCUT2D eigenvalue weighted by Gasteiger charge is 2.28. The number of benzene rings is 2. The molecule has 28 heavy (non-hydrogen) atoms. The van der Waals surface area contributed by atoms with Gasteiger partial charge in [0.25, 0.3) is 5.91 Å². The first-order chi connectivity index (χ1) is 13.2. The zero-order valence-electron chi connectivity index (χ0n) is 16.0. The second-order valence-corrected chi connectivity index (χ2v) is 9.14. The van der Waals surface area contributed by atoms with E-state index >= 15 is 0 Å². The molecule has 0 saturated carbocycles. The van der Waals surface area contributed by atoms with E-state index in [0.29, 0.717) is 5.69 Å². The van der Waals surface area contributed by atoms with E-state index in [1.165, 1.54) is 17.7 Å². The Morgan fingerprint density at radius 1 is 1.21 bits per heavy atom. The number of fused-ring (bicyclic) bond motifs is 1. The van der Waals surface area contributed by atoms with Crippen molar-refractivity contribution in [2.24, 2.45) is 5.92 Å². The molecule has 2 aromatic rings. The maximum Gasteiger partial charge on any atom is 0.262 e. The third-order valence-corrected chi connectivity index (χ3v) is 6.56. The molecule has 1 aliphatic heterocycles. The summed E-state index contributed by atoms with van der Waals surface area (Å²) in [5.74, 6) is -0.0142. The highest BCUT2D eigenvalue weighted by Crippen LogP contribution is 2.36. The van der Waals surface area contributed by atoms with Gasteiger partial charge in [-0.05, 0) is 29.5 Å². The molecule has 1 unspecified atom stereocenters. The van der Waals surface area contributed by atoms with Gasteiger partial charge in [0.05, 0.1) is 10.7 Å². The number of halogens is 1. The number of nitrogens with one attached hydrogen (secondary N) is 2. The van der Waals surface area contributed by atoms with Crippen molar-refractivity contribution < 1.29 is 17.9 Å². The fourth-order valence-electron chi connectivity index (χ4n) is 3.07. The summed E-state index contributed by atoms with van der Waals surface area (Å²) in [5.41, 5.74) is 2.43. The smallest absolute Gasteiger partial charge is 0.262 e. The van der Waals surface area contributed by atoms with Crippen molar-refractivity contribution in [2.75, 3.05) is 11.9 Å². The van der Waals surface area contributed by atoms with Crippen molar-refractivity contribution in [3.63, 3.8) is 0 Å². The van der Waals surface area contributed by atoms with Crippen molar-refractivity contribution in [3.8, 4) is 5.75 Å². The largest absolute Gasteiger partial charge is 0.482 e. The van der Waals surface area contributed by atoms with Crippen molar-refractivity contribution in [2.45, 2.75) is 38.1 Å². The molecular weight excluding hydrogens is 400 g/mol. The molecule has 1 aliphatic rings. The lowest BCUT2D eigenvalue weighted by Gasteiger charge is -2.24. The average molecular weight is 423 g/mol. The van der Waals surface area contributed by atoms with Crippen LogP contribution in [0.2, 0.25) is 5.02 Å². The molecule has 8 heteroatoms. The summed E-state index contributed by atoms with van der Waals surface area (Å²) < 4.78 is 34.2. The minimum Gasteiger partial charge on any atom is -0.482 e. The number of hydrogen-bond acceptors (Lipinski definition) is 4. The number of hydrogen-bond donors (Lipinski definition) is 2. The van der Waals surface area contributed by atoms with Crippen LogP contribution in [0.3, 0.4) is 0 Å². The summed E-state index contributed by atoms with van der Waals surface area (Å²) in [4.78, 5) is 11.3. The molecule has 0 spiro atoms. The van der Waals surface area contributed by atoms with Gasteiger partial charge in [0, 0.05) is 12.1 Å². The van der Waals surface area contributed by atoms with E-state index in [0.717, 1.165) is 12.0 Å². The lowest BCUT2D eigenvalue weighted by atomic mass is 9.96. The maximum absolute atomic E-state index is 13.1. The van der Waals surface area contributed by atoms with Gasteiger partial charge in [0.2, 0.25) is 10.0 Å². The van der Waals surface area contributed by atoms with Gasteiger partial charge in [-0.15, -0.1) is 0 Å². The molecule has 2 N–H and O–H groups in total. The molecule has 1 heterocycles. The van der Waals surface area contributed by atoms with Crippen LogP contribution in [0, 0.1) is 5.92 Å². The molecule has 2 aromatic carbocycles. The number of amides is 1. The summed E-state index contributed by atoms with van der Waals surface area (Å²) in [6.07, 6.45) is 0.916. The molecule has 0 saturated heterocycles. The molecule has 150 valence electrons. The predicted octanol–water partition coefficient (Wildman–Crippen LogP) is 3.91. The number of anilines is 1. The molecule has 0 fully saturated rings. The molecule has 0 aliphatic carbocycles. The Bertz CT molecular complexity index is 988. The van der Waals surface area contributed by atoms with Gasteiger partial charge in [-0.1, -0.05) is 56.6 Å². The lowest BCUT2D eigenvalue weighted by molar-refractivity contribution is -0.118. The number of aryl methyl sites for hydroxylation is 1. The fourth-order valence-corrected chi connectivity index (χ4v) is 4.98. The second-order valence-electron chi connectivity index (χ2n) is 7.05. The van der Waals surface area contributed by atoms with Gasteiger partial charge >= 0.3 is 0 Å². The average Bonchev–Trinajstić information content (AvgIpc) is 2.65. The Hall–Kier alpha value is -2.09. The van der Waals surface area contributed by atoms with E-state index in [1.54, 1.807) is 0 Å². The normalized spacial score (nSPS) is 15.0. The standard InChI is InChI=1S/C20H23ClN2O4S/c1-4-13-5-7-14(8-6-13)20(12(2)3)23-28(25,26)18-10-17-16(9-15(18)21)22-19(24)11-27-17/h5-10,12,20,23H,4,11H2,1-3H3,(H,22,24). The molecule has 0 radical (unpaired) electrons. The van der Waals surface area contributed by atoms with Gasteiger partial charge in [-0.2, -0.15) is 0 Å². The number of carbonyl (C=O) groups excluding carboxylic acids is 1. The highest BCUT2D eigenvalue weighted by atomic mass is 35.5. The van der Waals surface area contributed by atoms with Crippen molar-refractivity contribution >= 4 is 33.2 Å². The first-order valence-electron chi connectivity index (χ1n) is 9.08. The Balaban J connectivity index is 1.93. The third kappa shape index (κ3) is 4.32. The summed E-state index contributed by atoms with van der Waals surface area (Å²) in [6, 6.07) is 10.2. The maximum atomic E-state index is 13.1. The summed E-state index contributed by atoms with van der Waals surface area (Å²) in [5, 5.41) is 2.63. The van der Waals surface area contributed by atoms with Crippen molar-refractivity contribution in [1.82, 2.24) is 4.72 Å². The zero-order valence-corrected chi connectivity index (χ0v) is 17.5. The summed E-state index contributed by atoms with van der Waals surface area (Å²) >= 11 is 6.22. The SMILES string of the molecule is CCc1ccc(C(NS(=O)(=O)c2cc3c(cc2Cl)NC(=O)CO3)C(C)C)cc1. The number of ether oxygens (including phenoxy) is 1. The van der Waals surface area contributed by atoms with Crippen LogP contribution in [0.1, 0.15) is 37.9 Å². The molecule has 0 aromatic heterocycles. The molecule has 6 nitrogen and oxygen atoms in total. The van der Waals surface area contributed by atoms with Crippen molar-refractivity contribution in [1.29, 1.82) is 0 Å². The number of carbonyl (C=O) groups is 1. The Morgan fingerprint density at radius 2 is 1.89 bits per heavy atom. The molecule has 0 bridgehead atoms. The highest BCUT2D eigenvalue weighted by molar-refractivity contribution is 7.89. The van der Waals surface area contributed by atoms with Crippen LogP contribution in [0.25, 0.3) is 0 Å². The van der Waals surface area contributed by atoms with E-state index in [-0.39, 0.29) is 34.1 Å². The minimum atomic E-state index is -3.92. The van der Waals surface area contributed by atoms with E-state index in [1.807, 2.05) is 38.1 Å². The fraction of sp³-hybridized carbons (Fsp3) is 0.350. The van der Waals surface area contributed by atoms with Crippen LogP contribution in [0.5, 0.6) is 5.75 Å². The Morgan fingerprint density at radius 3 is 2.50 bits per heavy atom. The zero-order chi connectivity index (χ0) is 20.5. The predicted molar refractivity (Wildman–Crippen MR) is 109 cm³/mol. The summed E-state index contributed by atoms with van der Waals surface area (Å²) in [6.45, 7) is 5.81. The quantitative estimate of drug-likeness (QED) is 0.739. The topological polar surface area (TPSA) is 84.5 Å². The van der Waals surface area contributed by atoms with E-state index in [9.17, 15) is 13.2 Å². The first kappa shape index (κ1) is 20.6. The van der Waals surface area contributed by atoms with Crippen LogP contribution < -0.4 is 14.8 Å². The molecule has 1 amide bonds. The second kappa shape index (κ2) is 8.11. The van der Waals surface area contributed by atoms with Gasteiger partial charge in [0.15, 0.2) is 6.61 Å². The van der Waals surface area contributed by atoms with Crippen molar-refractivity contribution in [3.05, 3.63) is 52.5 Å². The molecular formula is C20H23ClN2O4S. The Kier molecular flexibility index (Phi) is 5.98. The van der Waals surface area contributed by atoms with Gasteiger partial charge < -0.3 is 10.1 Å². The Labute approximate surface area is 170 Å². The van der Waals surface area contributed by atoms with Crippen LogP contribution in [0.4, 0.5) is 5.69 Å². The van der Waals surface area contributed by atoms with Crippen LogP contribution in [0.15, 0.2) is 41.3 Å². The van der Waals surface area contributed by atoms with Gasteiger partial charge in [0.1, 0.15) is 10.6 Å². The van der Waals surface area contributed by atoms with E-state index in [2.05, 4.69) is 17.0 Å². The van der Waals surface area contributed by atoms with Crippen LogP contribution in [-0.4, -0.2) is 20.9 Å². The summed E-state index contributed by atoms with van der Waals surface area (Å²) in [7, 11) is -3.92. The monoisotopic (exact) mass is 422 g/mol. The van der Waals surface area contributed by atoms with Gasteiger partial charge in [-0.3, -0.25) is 4.79 Å².